The zero-order chi connectivity index (χ0) is 12.4. The van der Waals surface area contributed by atoms with Crippen LogP contribution in [0.4, 0.5) is 0 Å². The average molecular weight is 260 g/mol. The molecule has 0 radical (unpaired) electrons. The monoisotopic (exact) mass is 260 g/mol. The lowest BCUT2D eigenvalue weighted by Crippen LogP contribution is -2.01. The minimum atomic E-state index is 0.624. The number of benzene rings is 1. The van der Waals surface area contributed by atoms with E-state index in [1.54, 1.807) is 23.0 Å². The Kier molecular flexibility index (Phi) is 3.04. The molecule has 0 N–H and O–H groups in total. The van der Waals surface area contributed by atoms with Crippen LogP contribution in [0.5, 0.6) is 0 Å². The largest absolute Gasteiger partial charge is 0.384 e. The van der Waals surface area contributed by atoms with Gasteiger partial charge in [0.15, 0.2) is 5.82 Å². The van der Waals surface area contributed by atoms with E-state index in [2.05, 4.69) is 15.3 Å². The SMILES string of the molecule is COCCc1nnc2sc(-c3ccccc3)nn12. The minimum absolute atomic E-state index is 0.624. The lowest BCUT2D eigenvalue weighted by molar-refractivity contribution is 0.200. The highest BCUT2D eigenvalue weighted by molar-refractivity contribution is 7.19. The van der Waals surface area contributed by atoms with Crippen molar-refractivity contribution in [2.24, 2.45) is 0 Å². The van der Waals surface area contributed by atoms with Crippen molar-refractivity contribution in [1.82, 2.24) is 19.8 Å². The maximum Gasteiger partial charge on any atom is 0.234 e. The zero-order valence-electron chi connectivity index (χ0n) is 9.91. The van der Waals surface area contributed by atoms with Crippen LogP contribution in [-0.4, -0.2) is 33.5 Å². The van der Waals surface area contributed by atoms with E-state index in [1.807, 2.05) is 30.3 Å². The van der Waals surface area contributed by atoms with Crippen molar-refractivity contribution in [3.8, 4) is 10.6 Å². The molecule has 0 saturated heterocycles. The Morgan fingerprint density at radius 2 is 2.06 bits per heavy atom. The van der Waals surface area contributed by atoms with Crippen molar-refractivity contribution in [1.29, 1.82) is 0 Å². The molecule has 0 aliphatic carbocycles. The second-order valence-corrected chi connectivity index (χ2v) is 4.78. The Balaban J connectivity index is 1.99. The average Bonchev–Trinajstić information content (AvgIpc) is 2.98. The number of ether oxygens (including phenoxy) is 1. The van der Waals surface area contributed by atoms with E-state index < -0.39 is 0 Å². The molecule has 0 saturated carbocycles. The Morgan fingerprint density at radius 1 is 1.22 bits per heavy atom. The van der Waals surface area contributed by atoms with Crippen LogP contribution in [0.1, 0.15) is 5.82 Å². The summed E-state index contributed by atoms with van der Waals surface area (Å²) < 4.78 is 6.85. The van der Waals surface area contributed by atoms with E-state index in [-0.39, 0.29) is 0 Å². The van der Waals surface area contributed by atoms with E-state index >= 15 is 0 Å². The molecule has 0 bridgehead atoms. The Hall–Kier alpha value is -1.79. The normalized spacial score (nSPS) is 11.2. The standard InChI is InChI=1S/C12H12N4OS/c1-17-8-7-10-13-14-12-16(10)15-11(18-12)9-5-3-2-4-6-9/h2-6H,7-8H2,1H3. The minimum Gasteiger partial charge on any atom is -0.384 e. The molecule has 92 valence electrons. The summed E-state index contributed by atoms with van der Waals surface area (Å²) in [5, 5.41) is 13.7. The van der Waals surface area contributed by atoms with Crippen molar-refractivity contribution in [3.05, 3.63) is 36.2 Å². The van der Waals surface area contributed by atoms with Gasteiger partial charge in [0, 0.05) is 19.1 Å². The molecule has 18 heavy (non-hydrogen) atoms. The molecule has 0 spiro atoms. The van der Waals surface area contributed by atoms with Gasteiger partial charge in [0.05, 0.1) is 6.61 Å². The van der Waals surface area contributed by atoms with Gasteiger partial charge in [-0.2, -0.15) is 9.61 Å². The fraction of sp³-hybridized carbons (Fsp3) is 0.250. The predicted molar refractivity (Wildman–Crippen MR) is 69.7 cm³/mol. The number of rotatable bonds is 4. The van der Waals surface area contributed by atoms with Gasteiger partial charge in [0.2, 0.25) is 4.96 Å². The van der Waals surface area contributed by atoms with Gasteiger partial charge in [0.25, 0.3) is 0 Å². The van der Waals surface area contributed by atoms with E-state index in [0.29, 0.717) is 6.61 Å². The molecule has 2 heterocycles. The Bertz CT molecular complexity index is 646. The van der Waals surface area contributed by atoms with Crippen molar-refractivity contribution < 1.29 is 4.74 Å². The van der Waals surface area contributed by atoms with Gasteiger partial charge >= 0.3 is 0 Å². The molecule has 0 amide bonds. The Morgan fingerprint density at radius 3 is 2.83 bits per heavy atom. The van der Waals surface area contributed by atoms with Crippen molar-refractivity contribution in [3.63, 3.8) is 0 Å². The number of hydrogen-bond donors (Lipinski definition) is 0. The molecule has 0 aliphatic rings. The van der Waals surface area contributed by atoms with E-state index in [9.17, 15) is 0 Å². The van der Waals surface area contributed by atoms with Gasteiger partial charge in [-0.25, -0.2) is 0 Å². The maximum absolute atomic E-state index is 5.05. The first-order valence-corrected chi connectivity index (χ1v) is 6.45. The van der Waals surface area contributed by atoms with E-state index in [0.717, 1.165) is 27.8 Å². The van der Waals surface area contributed by atoms with Crippen LogP contribution in [0.3, 0.4) is 0 Å². The second kappa shape index (κ2) is 4.83. The number of fused-ring (bicyclic) bond motifs is 1. The molecular formula is C12H12N4OS. The fourth-order valence-corrected chi connectivity index (χ4v) is 2.57. The number of methoxy groups -OCH3 is 1. The zero-order valence-corrected chi connectivity index (χ0v) is 10.7. The summed E-state index contributed by atoms with van der Waals surface area (Å²) in [6, 6.07) is 10.1. The van der Waals surface area contributed by atoms with Crippen molar-refractivity contribution >= 4 is 16.3 Å². The summed E-state index contributed by atoms with van der Waals surface area (Å²) in [6.07, 6.45) is 0.718. The Labute approximate surface area is 108 Å². The maximum atomic E-state index is 5.05. The first-order valence-electron chi connectivity index (χ1n) is 5.64. The topological polar surface area (TPSA) is 52.3 Å². The number of nitrogens with zero attached hydrogens (tertiary/aromatic N) is 4. The van der Waals surface area contributed by atoms with Gasteiger partial charge in [-0.05, 0) is 0 Å². The molecule has 0 atom stereocenters. The quantitative estimate of drug-likeness (QED) is 0.720. The van der Waals surface area contributed by atoms with Crippen LogP contribution >= 0.6 is 11.3 Å². The van der Waals surface area contributed by atoms with Gasteiger partial charge < -0.3 is 4.74 Å². The lowest BCUT2D eigenvalue weighted by atomic mass is 10.2. The lowest BCUT2D eigenvalue weighted by Gasteiger charge is -1.95. The molecule has 3 aromatic rings. The highest BCUT2D eigenvalue weighted by Crippen LogP contribution is 2.24. The summed E-state index contributed by atoms with van der Waals surface area (Å²) in [7, 11) is 1.68. The van der Waals surface area contributed by atoms with Gasteiger partial charge in [-0.3, -0.25) is 0 Å². The summed E-state index contributed by atoms with van der Waals surface area (Å²) in [6.45, 7) is 0.624. The van der Waals surface area contributed by atoms with Gasteiger partial charge in [-0.15, -0.1) is 10.2 Å². The molecular weight excluding hydrogens is 248 g/mol. The summed E-state index contributed by atoms with van der Waals surface area (Å²) in [4.78, 5) is 0.819. The molecule has 1 aromatic carbocycles. The molecule has 0 fully saturated rings. The fourth-order valence-electron chi connectivity index (χ4n) is 1.70. The molecule has 3 rings (SSSR count). The smallest absolute Gasteiger partial charge is 0.234 e. The first-order chi connectivity index (χ1) is 8.88. The van der Waals surface area contributed by atoms with Crippen molar-refractivity contribution in [2.75, 3.05) is 13.7 Å². The highest BCUT2D eigenvalue weighted by atomic mass is 32.1. The van der Waals surface area contributed by atoms with E-state index in [1.165, 1.54) is 0 Å². The first kappa shape index (κ1) is 11.3. The van der Waals surface area contributed by atoms with Crippen LogP contribution in [-0.2, 0) is 11.2 Å². The number of hydrogen-bond acceptors (Lipinski definition) is 5. The van der Waals surface area contributed by atoms with Crippen LogP contribution in [0.25, 0.3) is 15.5 Å². The van der Waals surface area contributed by atoms with Crippen LogP contribution in [0, 0.1) is 0 Å². The van der Waals surface area contributed by atoms with E-state index in [4.69, 9.17) is 4.74 Å². The molecule has 5 nitrogen and oxygen atoms in total. The number of aromatic nitrogens is 4. The molecule has 0 unspecified atom stereocenters. The van der Waals surface area contributed by atoms with Crippen LogP contribution in [0.2, 0.25) is 0 Å². The highest BCUT2D eigenvalue weighted by Gasteiger charge is 2.12. The molecule has 0 aliphatic heterocycles. The third-order valence-corrected chi connectivity index (χ3v) is 3.55. The van der Waals surface area contributed by atoms with Crippen molar-refractivity contribution in [2.45, 2.75) is 6.42 Å². The summed E-state index contributed by atoms with van der Waals surface area (Å²) in [5.74, 6) is 0.838. The van der Waals surface area contributed by atoms with Crippen LogP contribution in [0.15, 0.2) is 30.3 Å². The third-order valence-electron chi connectivity index (χ3n) is 2.61. The summed E-state index contributed by atoms with van der Waals surface area (Å²) in [5.41, 5.74) is 1.10. The van der Waals surface area contributed by atoms with Crippen LogP contribution < -0.4 is 0 Å². The predicted octanol–water partition coefficient (Wildman–Crippen LogP) is 2.04. The third kappa shape index (κ3) is 2.00. The summed E-state index contributed by atoms with van der Waals surface area (Å²) >= 11 is 1.54. The van der Waals surface area contributed by atoms with Gasteiger partial charge in [-0.1, -0.05) is 41.7 Å². The molecule has 2 aromatic heterocycles. The second-order valence-electron chi connectivity index (χ2n) is 3.83. The van der Waals surface area contributed by atoms with Gasteiger partial charge in [0.1, 0.15) is 5.01 Å². The molecule has 6 heteroatoms.